The molecule has 0 bridgehead atoms. The van der Waals surface area contributed by atoms with E-state index in [1.165, 1.54) is 11.1 Å². The Labute approximate surface area is 106 Å². The first kappa shape index (κ1) is 14.2. The number of benzene rings is 1. The average Bonchev–Trinajstić information content (AvgIpc) is 2.30. The molecule has 0 aromatic heterocycles. The molecule has 1 N–H and O–H groups in total. The van der Waals surface area contributed by atoms with Crippen molar-refractivity contribution in [2.45, 2.75) is 38.8 Å². The lowest BCUT2D eigenvalue weighted by Crippen LogP contribution is -2.48. The highest BCUT2D eigenvalue weighted by molar-refractivity contribution is 5.27. The predicted octanol–water partition coefficient (Wildman–Crippen LogP) is 2.85. The van der Waals surface area contributed by atoms with Crippen molar-refractivity contribution in [2.75, 3.05) is 21.1 Å². The van der Waals surface area contributed by atoms with E-state index in [1.54, 1.807) is 0 Å². The van der Waals surface area contributed by atoms with Gasteiger partial charge in [0.15, 0.2) is 0 Å². The van der Waals surface area contributed by atoms with E-state index in [4.69, 9.17) is 0 Å². The second-order valence-corrected chi connectivity index (χ2v) is 5.36. The van der Waals surface area contributed by atoms with Gasteiger partial charge >= 0.3 is 0 Å². The summed E-state index contributed by atoms with van der Waals surface area (Å²) in [5, 5.41) is 3.44. The molecule has 0 radical (unpaired) electrons. The SMILES string of the molecule is CCc1ccc(C(NC)C(C)(C)N(C)C)cc1. The second-order valence-electron chi connectivity index (χ2n) is 5.36. The third-order valence-corrected chi connectivity index (χ3v) is 3.87. The normalized spacial score (nSPS) is 14.1. The Morgan fingerprint density at radius 3 is 2.06 bits per heavy atom. The van der Waals surface area contributed by atoms with Gasteiger partial charge in [-0.2, -0.15) is 0 Å². The maximum atomic E-state index is 3.44. The number of nitrogens with zero attached hydrogens (tertiary/aromatic N) is 1. The number of likely N-dealkylation sites (N-methyl/N-ethyl adjacent to an activating group) is 2. The highest BCUT2D eigenvalue weighted by Gasteiger charge is 2.31. The van der Waals surface area contributed by atoms with Crippen LogP contribution in [0.25, 0.3) is 0 Å². The zero-order chi connectivity index (χ0) is 13.1. The van der Waals surface area contributed by atoms with Gasteiger partial charge in [0.05, 0.1) is 0 Å². The van der Waals surface area contributed by atoms with Gasteiger partial charge < -0.3 is 10.2 Å². The first-order chi connectivity index (χ1) is 7.93. The van der Waals surface area contributed by atoms with Gasteiger partial charge in [-0.1, -0.05) is 31.2 Å². The van der Waals surface area contributed by atoms with Gasteiger partial charge in [-0.3, -0.25) is 0 Å². The highest BCUT2D eigenvalue weighted by atomic mass is 15.2. The van der Waals surface area contributed by atoms with Crippen LogP contribution in [0.15, 0.2) is 24.3 Å². The molecular weight excluding hydrogens is 208 g/mol. The van der Waals surface area contributed by atoms with Crippen molar-refractivity contribution >= 4 is 0 Å². The van der Waals surface area contributed by atoms with Crippen molar-refractivity contribution < 1.29 is 0 Å². The molecule has 0 heterocycles. The van der Waals surface area contributed by atoms with Gasteiger partial charge in [-0.25, -0.2) is 0 Å². The van der Waals surface area contributed by atoms with Crippen LogP contribution in [0.4, 0.5) is 0 Å². The van der Waals surface area contributed by atoms with Crippen molar-refractivity contribution in [2.24, 2.45) is 0 Å². The molecule has 2 nitrogen and oxygen atoms in total. The van der Waals surface area contributed by atoms with Crippen LogP contribution in [0.2, 0.25) is 0 Å². The minimum absolute atomic E-state index is 0.0858. The highest BCUT2D eigenvalue weighted by Crippen LogP contribution is 2.29. The van der Waals surface area contributed by atoms with Crippen LogP contribution in [-0.4, -0.2) is 31.6 Å². The molecule has 0 saturated carbocycles. The monoisotopic (exact) mass is 234 g/mol. The van der Waals surface area contributed by atoms with Crippen molar-refractivity contribution in [3.05, 3.63) is 35.4 Å². The van der Waals surface area contributed by atoms with Crippen LogP contribution in [-0.2, 0) is 6.42 Å². The minimum atomic E-state index is 0.0858. The topological polar surface area (TPSA) is 15.3 Å². The molecule has 1 aromatic carbocycles. The van der Waals surface area contributed by atoms with Crippen molar-refractivity contribution in [1.82, 2.24) is 10.2 Å². The second kappa shape index (κ2) is 5.65. The van der Waals surface area contributed by atoms with Crippen LogP contribution < -0.4 is 5.32 Å². The summed E-state index contributed by atoms with van der Waals surface area (Å²) in [6.45, 7) is 6.72. The standard InChI is InChI=1S/C15H26N2/c1-7-12-8-10-13(11-9-12)14(16-4)15(2,3)17(5)6/h8-11,14,16H,7H2,1-6H3. The molecule has 2 heteroatoms. The zero-order valence-electron chi connectivity index (χ0n) is 12.0. The summed E-state index contributed by atoms with van der Waals surface area (Å²) in [6, 6.07) is 9.27. The van der Waals surface area contributed by atoms with Gasteiger partial charge in [0.2, 0.25) is 0 Å². The summed E-state index contributed by atoms with van der Waals surface area (Å²) < 4.78 is 0. The fourth-order valence-corrected chi connectivity index (χ4v) is 2.13. The Kier molecular flexibility index (Phi) is 4.72. The lowest BCUT2D eigenvalue weighted by atomic mass is 9.87. The number of nitrogens with one attached hydrogen (secondary N) is 1. The first-order valence-electron chi connectivity index (χ1n) is 6.37. The summed E-state index contributed by atoms with van der Waals surface area (Å²) in [7, 11) is 6.29. The largest absolute Gasteiger partial charge is 0.311 e. The smallest absolute Gasteiger partial charge is 0.0499 e. The summed E-state index contributed by atoms with van der Waals surface area (Å²) in [4.78, 5) is 2.27. The van der Waals surface area contributed by atoms with Crippen LogP contribution in [0.1, 0.15) is 37.9 Å². The van der Waals surface area contributed by atoms with E-state index in [-0.39, 0.29) is 5.54 Å². The third kappa shape index (κ3) is 3.08. The Morgan fingerprint density at radius 2 is 1.71 bits per heavy atom. The maximum Gasteiger partial charge on any atom is 0.0499 e. The molecule has 0 aliphatic rings. The minimum Gasteiger partial charge on any atom is -0.311 e. The fraction of sp³-hybridized carbons (Fsp3) is 0.600. The van der Waals surface area contributed by atoms with Crippen LogP contribution >= 0.6 is 0 Å². The Hall–Kier alpha value is -0.860. The molecule has 0 aliphatic heterocycles. The molecule has 0 amide bonds. The van der Waals surface area contributed by atoms with Gasteiger partial charge in [-0.05, 0) is 52.5 Å². The van der Waals surface area contributed by atoms with Crippen LogP contribution in [0.3, 0.4) is 0 Å². The molecule has 0 fully saturated rings. The number of rotatable bonds is 5. The molecule has 0 aliphatic carbocycles. The van der Waals surface area contributed by atoms with Gasteiger partial charge in [0, 0.05) is 11.6 Å². The Balaban J connectivity index is 3.01. The van der Waals surface area contributed by atoms with Crippen LogP contribution in [0, 0.1) is 0 Å². The summed E-state index contributed by atoms with van der Waals surface area (Å²) in [5.41, 5.74) is 2.83. The molecule has 0 spiro atoms. The quantitative estimate of drug-likeness (QED) is 0.843. The predicted molar refractivity (Wildman–Crippen MR) is 75.4 cm³/mol. The van der Waals surface area contributed by atoms with Crippen molar-refractivity contribution in [3.63, 3.8) is 0 Å². The number of hydrogen-bond donors (Lipinski definition) is 1. The molecule has 1 atom stereocenters. The zero-order valence-corrected chi connectivity index (χ0v) is 12.0. The summed E-state index contributed by atoms with van der Waals surface area (Å²) in [6.07, 6.45) is 1.10. The van der Waals surface area contributed by atoms with E-state index in [2.05, 4.69) is 69.3 Å². The lowest BCUT2D eigenvalue weighted by molar-refractivity contribution is 0.142. The Bertz CT molecular complexity index is 338. The van der Waals surface area contributed by atoms with Crippen molar-refractivity contribution in [1.29, 1.82) is 0 Å². The van der Waals surface area contributed by atoms with Gasteiger partial charge in [-0.15, -0.1) is 0 Å². The van der Waals surface area contributed by atoms with E-state index in [9.17, 15) is 0 Å². The summed E-state index contributed by atoms with van der Waals surface area (Å²) >= 11 is 0. The molecule has 1 rings (SSSR count). The van der Waals surface area contributed by atoms with E-state index in [1.807, 2.05) is 7.05 Å². The molecule has 1 unspecified atom stereocenters. The fourth-order valence-electron chi connectivity index (χ4n) is 2.13. The number of aryl methyl sites for hydroxylation is 1. The maximum absolute atomic E-state index is 3.44. The van der Waals surface area contributed by atoms with E-state index in [0.29, 0.717) is 6.04 Å². The summed E-state index contributed by atoms with van der Waals surface area (Å²) in [5.74, 6) is 0. The molecular formula is C15H26N2. The van der Waals surface area contributed by atoms with E-state index >= 15 is 0 Å². The average molecular weight is 234 g/mol. The number of hydrogen-bond acceptors (Lipinski definition) is 2. The van der Waals surface area contributed by atoms with Gasteiger partial charge in [0.25, 0.3) is 0 Å². The first-order valence-corrected chi connectivity index (χ1v) is 6.37. The molecule has 96 valence electrons. The molecule has 0 saturated heterocycles. The van der Waals surface area contributed by atoms with Gasteiger partial charge in [0.1, 0.15) is 0 Å². The Morgan fingerprint density at radius 1 is 1.18 bits per heavy atom. The van der Waals surface area contributed by atoms with E-state index < -0.39 is 0 Å². The molecule has 17 heavy (non-hydrogen) atoms. The third-order valence-electron chi connectivity index (χ3n) is 3.87. The van der Waals surface area contributed by atoms with Crippen molar-refractivity contribution in [3.8, 4) is 0 Å². The lowest BCUT2D eigenvalue weighted by Gasteiger charge is -2.40. The van der Waals surface area contributed by atoms with E-state index in [0.717, 1.165) is 6.42 Å². The van der Waals surface area contributed by atoms with Crippen LogP contribution in [0.5, 0.6) is 0 Å². The molecule has 1 aromatic rings.